The molecular formula is C14H15Br2N3O2. The predicted octanol–water partition coefficient (Wildman–Crippen LogP) is 3.77. The van der Waals surface area contributed by atoms with Crippen LogP contribution in [0.25, 0.3) is 5.69 Å². The number of aromatic nitrogens is 2. The van der Waals surface area contributed by atoms with Gasteiger partial charge in [0.2, 0.25) is 0 Å². The minimum Gasteiger partial charge on any atom is -0.461 e. The first-order valence-corrected chi connectivity index (χ1v) is 7.93. The van der Waals surface area contributed by atoms with Crippen molar-refractivity contribution >= 4 is 43.6 Å². The van der Waals surface area contributed by atoms with E-state index in [9.17, 15) is 4.79 Å². The summed E-state index contributed by atoms with van der Waals surface area (Å²) in [7, 11) is 0. The lowest BCUT2D eigenvalue weighted by atomic mass is 10.2. The standard InChI is InChI=1S/C14H15Br2N3O2/c1-4-21-14(20)11-13(17)19(8(3)18-11)12-9(15)5-7(2)6-10(12)16/h5-6H,4,17H2,1-3H3. The number of halogens is 2. The Morgan fingerprint density at radius 1 is 1.33 bits per heavy atom. The van der Waals surface area contributed by atoms with Gasteiger partial charge in [-0.2, -0.15) is 0 Å². The van der Waals surface area contributed by atoms with Gasteiger partial charge in [0.15, 0.2) is 5.69 Å². The maximum absolute atomic E-state index is 11.9. The number of imidazole rings is 1. The zero-order valence-corrected chi connectivity index (χ0v) is 15.1. The average Bonchev–Trinajstić information content (AvgIpc) is 2.66. The fourth-order valence-electron chi connectivity index (χ4n) is 2.09. The molecule has 0 amide bonds. The maximum Gasteiger partial charge on any atom is 0.360 e. The summed E-state index contributed by atoms with van der Waals surface area (Å²) in [5.74, 6) is 0.355. The van der Waals surface area contributed by atoms with E-state index in [2.05, 4.69) is 36.8 Å². The van der Waals surface area contributed by atoms with Gasteiger partial charge in [-0.15, -0.1) is 0 Å². The fraction of sp³-hybridized carbons (Fsp3) is 0.286. The smallest absolute Gasteiger partial charge is 0.360 e. The number of nitrogens with zero attached hydrogens (tertiary/aromatic N) is 2. The van der Waals surface area contributed by atoms with Crippen LogP contribution in [-0.4, -0.2) is 22.1 Å². The number of hydrogen-bond acceptors (Lipinski definition) is 4. The van der Waals surface area contributed by atoms with Crippen LogP contribution in [0.3, 0.4) is 0 Å². The minimum absolute atomic E-state index is 0.133. The highest BCUT2D eigenvalue weighted by Gasteiger charge is 2.22. The first kappa shape index (κ1) is 16.0. The topological polar surface area (TPSA) is 70.1 Å². The third kappa shape index (κ3) is 2.98. The quantitative estimate of drug-likeness (QED) is 0.773. The SMILES string of the molecule is CCOC(=O)c1nc(C)n(-c2c(Br)cc(C)cc2Br)c1N. The van der Waals surface area contributed by atoms with Crippen LogP contribution in [0.1, 0.15) is 28.8 Å². The van der Waals surface area contributed by atoms with Crippen LogP contribution in [0.5, 0.6) is 0 Å². The predicted molar refractivity (Wildman–Crippen MR) is 88.8 cm³/mol. The van der Waals surface area contributed by atoms with Crippen LogP contribution < -0.4 is 5.73 Å². The first-order chi connectivity index (χ1) is 9.86. The van der Waals surface area contributed by atoms with E-state index >= 15 is 0 Å². The molecule has 2 aromatic rings. The number of aryl methyl sites for hydroxylation is 2. The number of esters is 1. The summed E-state index contributed by atoms with van der Waals surface area (Å²) < 4.78 is 8.41. The van der Waals surface area contributed by atoms with Gasteiger partial charge in [0.25, 0.3) is 0 Å². The van der Waals surface area contributed by atoms with Gasteiger partial charge in [-0.05, 0) is 70.3 Å². The summed E-state index contributed by atoms with van der Waals surface area (Å²) in [6, 6.07) is 3.95. The van der Waals surface area contributed by atoms with Crippen molar-refractivity contribution in [2.75, 3.05) is 12.3 Å². The molecule has 2 rings (SSSR count). The molecule has 7 heteroatoms. The average molecular weight is 417 g/mol. The summed E-state index contributed by atoms with van der Waals surface area (Å²) in [4.78, 5) is 16.1. The van der Waals surface area contributed by atoms with E-state index in [1.165, 1.54) is 0 Å². The molecule has 0 aliphatic carbocycles. The molecule has 0 unspecified atom stereocenters. The van der Waals surface area contributed by atoms with Gasteiger partial charge in [-0.3, -0.25) is 4.57 Å². The molecule has 0 radical (unpaired) electrons. The second-order valence-corrected chi connectivity index (χ2v) is 6.23. The summed E-state index contributed by atoms with van der Waals surface area (Å²) in [6.07, 6.45) is 0. The molecule has 0 saturated heterocycles. The summed E-state index contributed by atoms with van der Waals surface area (Å²) in [5, 5.41) is 0. The van der Waals surface area contributed by atoms with Crippen LogP contribution in [0.15, 0.2) is 21.1 Å². The highest BCUT2D eigenvalue weighted by atomic mass is 79.9. The first-order valence-electron chi connectivity index (χ1n) is 6.34. The van der Waals surface area contributed by atoms with Crippen LogP contribution in [-0.2, 0) is 4.74 Å². The van der Waals surface area contributed by atoms with Gasteiger partial charge in [0.1, 0.15) is 11.6 Å². The van der Waals surface area contributed by atoms with Gasteiger partial charge >= 0.3 is 5.97 Å². The molecule has 0 fully saturated rings. The molecule has 5 nitrogen and oxygen atoms in total. The van der Waals surface area contributed by atoms with Crippen LogP contribution in [0.2, 0.25) is 0 Å². The molecule has 0 aliphatic rings. The molecule has 1 heterocycles. The highest BCUT2D eigenvalue weighted by molar-refractivity contribution is 9.11. The lowest BCUT2D eigenvalue weighted by molar-refractivity contribution is 0.0521. The van der Waals surface area contributed by atoms with Crippen LogP contribution in [0.4, 0.5) is 5.82 Å². The normalized spacial score (nSPS) is 10.7. The van der Waals surface area contributed by atoms with Crippen molar-refractivity contribution in [2.24, 2.45) is 0 Å². The largest absolute Gasteiger partial charge is 0.461 e. The Bertz CT molecular complexity index is 687. The van der Waals surface area contributed by atoms with E-state index in [0.717, 1.165) is 20.2 Å². The van der Waals surface area contributed by atoms with Crippen molar-refractivity contribution < 1.29 is 9.53 Å². The summed E-state index contributed by atoms with van der Waals surface area (Å²) >= 11 is 7.06. The number of anilines is 1. The van der Waals surface area contributed by atoms with E-state index in [1.54, 1.807) is 18.4 Å². The summed E-state index contributed by atoms with van der Waals surface area (Å²) in [5.41, 5.74) is 8.14. The zero-order chi connectivity index (χ0) is 15.7. The lowest BCUT2D eigenvalue weighted by Gasteiger charge is -2.13. The Hall–Kier alpha value is -1.34. The van der Waals surface area contributed by atoms with E-state index in [0.29, 0.717) is 5.82 Å². The molecule has 0 bridgehead atoms. The van der Waals surface area contributed by atoms with Crippen molar-refractivity contribution in [3.63, 3.8) is 0 Å². The van der Waals surface area contributed by atoms with E-state index in [-0.39, 0.29) is 18.1 Å². The number of nitrogen functional groups attached to an aromatic ring is 1. The number of carbonyl (C=O) groups is 1. The highest BCUT2D eigenvalue weighted by Crippen LogP contribution is 2.34. The molecule has 1 aromatic carbocycles. The molecule has 1 aromatic heterocycles. The third-order valence-electron chi connectivity index (χ3n) is 2.93. The number of nitrogens with two attached hydrogens (primary N) is 1. The number of carbonyl (C=O) groups excluding carboxylic acids is 1. The van der Waals surface area contributed by atoms with E-state index in [1.807, 2.05) is 19.1 Å². The van der Waals surface area contributed by atoms with Gasteiger partial charge in [0.05, 0.1) is 12.3 Å². The van der Waals surface area contributed by atoms with Crippen molar-refractivity contribution in [3.8, 4) is 5.69 Å². The number of ether oxygens (including phenoxy) is 1. The number of hydrogen-bond donors (Lipinski definition) is 1. The van der Waals surface area contributed by atoms with Crippen molar-refractivity contribution in [2.45, 2.75) is 20.8 Å². The second-order valence-electron chi connectivity index (χ2n) is 4.53. The fourth-order valence-corrected chi connectivity index (χ4v) is 3.86. The molecule has 112 valence electrons. The maximum atomic E-state index is 11.9. The van der Waals surface area contributed by atoms with Crippen molar-refractivity contribution in [1.82, 2.24) is 9.55 Å². The lowest BCUT2D eigenvalue weighted by Crippen LogP contribution is -2.10. The zero-order valence-electron chi connectivity index (χ0n) is 11.9. The molecule has 0 atom stereocenters. The Kier molecular flexibility index (Phi) is 4.73. The van der Waals surface area contributed by atoms with Gasteiger partial charge < -0.3 is 10.5 Å². The van der Waals surface area contributed by atoms with Gasteiger partial charge in [-0.1, -0.05) is 0 Å². The molecule has 0 saturated carbocycles. The number of rotatable bonds is 3. The Morgan fingerprint density at radius 2 is 1.90 bits per heavy atom. The van der Waals surface area contributed by atoms with Crippen molar-refractivity contribution in [1.29, 1.82) is 0 Å². The van der Waals surface area contributed by atoms with Gasteiger partial charge in [0, 0.05) is 8.95 Å². The molecule has 0 spiro atoms. The summed E-state index contributed by atoms with van der Waals surface area (Å²) in [6.45, 7) is 5.80. The Labute approximate surface area is 139 Å². The molecule has 0 aliphatic heterocycles. The van der Waals surface area contributed by atoms with Crippen LogP contribution >= 0.6 is 31.9 Å². The number of benzene rings is 1. The van der Waals surface area contributed by atoms with Crippen LogP contribution in [0, 0.1) is 13.8 Å². The van der Waals surface area contributed by atoms with Gasteiger partial charge in [-0.25, -0.2) is 9.78 Å². The monoisotopic (exact) mass is 415 g/mol. The van der Waals surface area contributed by atoms with E-state index < -0.39 is 5.97 Å². The molecule has 2 N–H and O–H groups in total. The Balaban J connectivity index is 2.64. The second kappa shape index (κ2) is 6.19. The minimum atomic E-state index is -0.517. The third-order valence-corrected chi connectivity index (χ3v) is 4.14. The van der Waals surface area contributed by atoms with Crippen molar-refractivity contribution in [3.05, 3.63) is 38.2 Å². The Morgan fingerprint density at radius 3 is 2.43 bits per heavy atom. The van der Waals surface area contributed by atoms with E-state index in [4.69, 9.17) is 10.5 Å². The molecular weight excluding hydrogens is 402 g/mol. The molecule has 21 heavy (non-hydrogen) atoms.